The van der Waals surface area contributed by atoms with Gasteiger partial charge in [-0.05, 0) is 32.1 Å². The van der Waals surface area contributed by atoms with Crippen molar-refractivity contribution in [3.8, 4) is 0 Å². The molecule has 1 unspecified atom stereocenters. The van der Waals surface area contributed by atoms with Gasteiger partial charge in [-0.3, -0.25) is 4.79 Å². The van der Waals surface area contributed by atoms with Crippen molar-refractivity contribution in [1.29, 1.82) is 0 Å². The lowest BCUT2D eigenvalue weighted by molar-refractivity contribution is -0.131. The second kappa shape index (κ2) is 4.13. The van der Waals surface area contributed by atoms with Gasteiger partial charge in [-0.2, -0.15) is 12.6 Å². The number of carbonyl (C=O) groups excluding carboxylic acids is 1. The number of rotatable bonds is 1. The molecule has 0 radical (unpaired) electrons. The predicted molar refractivity (Wildman–Crippen MR) is 60.5 cm³/mol. The zero-order chi connectivity index (χ0) is 10.1. The van der Waals surface area contributed by atoms with Gasteiger partial charge in [0, 0.05) is 12.6 Å². The Bertz CT molecular complexity index is 229. The van der Waals surface area contributed by atoms with Crippen LogP contribution in [0.4, 0.5) is 0 Å². The Hall–Kier alpha value is -0.180. The highest BCUT2D eigenvalue weighted by atomic mass is 32.1. The van der Waals surface area contributed by atoms with Crippen molar-refractivity contribution in [1.82, 2.24) is 4.90 Å². The van der Waals surface area contributed by atoms with Gasteiger partial charge in [-0.25, -0.2) is 0 Å². The zero-order valence-corrected chi connectivity index (χ0v) is 9.67. The molecular weight excluding hydrogens is 194 g/mol. The number of fused-ring (bicyclic) bond motifs is 1. The Morgan fingerprint density at radius 2 is 2.07 bits per heavy atom. The van der Waals surface area contributed by atoms with Crippen molar-refractivity contribution in [3.63, 3.8) is 0 Å². The molecule has 3 heteroatoms. The minimum absolute atomic E-state index is 0.129. The average Bonchev–Trinajstić information content (AvgIpc) is 2.60. The molecule has 0 spiro atoms. The van der Waals surface area contributed by atoms with Gasteiger partial charge in [0.05, 0.1) is 5.25 Å². The van der Waals surface area contributed by atoms with E-state index in [1.807, 2.05) is 6.92 Å². The molecule has 14 heavy (non-hydrogen) atoms. The van der Waals surface area contributed by atoms with Crippen molar-refractivity contribution in [2.24, 2.45) is 5.92 Å². The summed E-state index contributed by atoms with van der Waals surface area (Å²) in [6, 6.07) is 0.547. The molecule has 3 atom stereocenters. The van der Waals surface area contributed by atoms with Gasteiger partial charge in [0.15, 0.2) is 0 Å². The number of nitrogens with zero attached hydrogens (tertiary/aromatic N) is 1. The number of amides is 1. The normalized spacial score (nSPS) is 34.0. The molecule has 1 saturated heterocycles. The largest absolute Gasteiger partial charge is 0.338 e. The van der Waals surface area contributed by atoms with Gasteiger partial charge in [0.2, 0.25) is 5.91 Å². The van der Waals surface area contributed by atoms with Gasteiger partial charge in [-0.1, -0.05) is 12.8 Å². The van der Waals surface area contributed by atoms with Crippen LogP contribution in [-0.2, 0) is 4.79 Å². The van der Waals surface area contributed by atoms with Crippen LogP contribution in [0.5, 0.6) is 0 Å². The summed E-state index contributed by atoms with van der Waals surface area (Å²) in [5.41, 5.74) is 0. The molecule has 2 nitrogen and oxygen atoms in total. The Morgan fingerprint density at radius 3 is 2.79 bits per heavy atom. The molecule has 2 aliphatic rings. The summed E-state index contributed by atoms with van der Waals surface area (Å²) < 4.78 is 0. The maximum Gasteiger partial charge on any atom is 0.235 e. The monoisotopic (exact) mass is 213 g/mol. The van der Waals surface area contributed by atoms with Crippen LogP contribution in [0.3, 0.4) is 0 Å². The highest BCUT2D eigenvalue weighted by Gasteiger charge is 2.38. The molecule has 1 heterocycles. The Balaban J connectivity index is 2.03. The summed E-state index contributed by atoms with van der Waals surface area (Å²) in [6.07, 6.45) is 6.43. The molecule has 1 saturated carbocycles. The lowest BCUT2D eigenvalue weighted by atomic mass is 9.85. The number of likely N-dealkylation sites (tertiary alicyclic amines) is 1. The second-order valence-corrected chi connectivity index (χ2v) is 5.38. The lowest BCUT2D eigenvalue weighted by Gasteiger charge is -2.32. The van der Waals surface area contributed by atoms with Crippen LogP contribution in [0.25, 0.3) is 0 Å². The Kier molecular flexibility index (Phi) is 3.05. The van der Waals surface area contributed by atoms with Crippen molar-refractivity contribution in [3.05, 3.63) is 0 Å². The first-order valence-corrected chi connectivity index (χ1v) is 6.20. The molecule has 1 amide bonds. The standard InChI is InChI=1S/C11H19NOS/c1-8(14)11(13)12-7-6-9-4-2-3-5-10(9)12/h8-10,14H,2-7H2,1H3/t8?,9-,10-/m0/s1. The van der Waals surface area contributed by atoms with Crippen LogP contribution in [-0.4, -0.2) is 28.6 Å². The maximum atomic E-state index is 11.8. The number of hydrogen-bond acceptors (Lipinski definition) is 2. The van der Waals surface area contributed by atoms with Crippen LogP contribution < -0.4 is 0 Å². The average molecular weight is 213 g/mol. The van der Waals surface area contributed by atoms with Crippen molar-refractivity contribution in [2.45, 2.75) is 50.3 Å². The summed E-state index contributed by atoms with van der Waals surface area (Å²) in [4.78, 5) is 13.9. The van der Waals surface area contributed by atoms with Crippen LogP contribution in [0.2, 0.25) is 0 Å². The van der Waals surface area contributed by atoms with Crippen molar-refractivity contribution in [2.75, 3.05) is 6.54 Å². The van der Waals surface area contributed by atoms with Crippen molar-refractivity contribution < 1.29 is 4.79 Å². The first-order valence-electron chi connectivity index (χ1n) is 5.68. The van der Waals surface area contributed by atoms with Gasteiger partial charge in [-0.15, -0.1) is 0 Å². The third-order valence-corrected chi connectivity index (χ3v) is 3.87. The first kappa shape index (κ1) is 10.3. The molecule has 0 N–H and O–H groups in total. The van der Waals surface area contributed by atoms with E-state index in [1.165, 1.54) is 32.1 Å². The molecule has 2 rings (SSSR count). The van der Waals surface area contributed by atoms with E-state index in [0.717, 1.165) is 12.5 Å². The topological polar surface area (TPSA) is 20.3 Å². The Labute approximate surface area is 91.5 Å². The van der Waals surface area contributed by atoms with Crippen LogP contribution >= 0.6 is 12.6 Å². The second-order valence-electron chi connectivity index (χ2n) is 4.61. The first-order chi connectivity index (χ1) is 6.70. The number of thiol groups is 1. The fourth-order valence-electron chi connectivity index (χ4n) is 2.92. The van der Waals surface area contributed by atoms with Gasteiger partial charge < -0.3 is 4.90 Å². The number of hydrogen-bond donors (Lipinski definition) is 1. The van der Waals surface area contributed by atoms with Crippen LogP contribution in [0, 0.1) is 5.92 Å². The Morgan fingerprint density at radius 1 is 1.36 bits per heavy atom. The summed E-state index contributed by atoms with van der Waals surface area (Å²) in [6.45, 7) is 2.85. The predicted octanol–water partition coefficient (Wildman–Crippen LogP) is 2.10. The van der Waals surface area contributed by atoms with E-state index < -0.39 is 0 Å². The van der Waals surface area contributed by atoms with E-state index in [-0.39, 0.29) is 11.2 Å². The number of carbonyl (C=O) groups is 1. The maximum absolute atomic E-state index is 11.8. The van der Waals surface area contributed by atoms with Crippen LogP contribution in [0.15, 0.2) is 0 Å². The molecule has 0 aromatic heterocycles. The van der Waals surface area contributed by atoms with E-state index in [1.54, 1.807) is 0 Å². The van der Waals surface area contributed by atoms with E-state index in [2.05, 4.69) is 17.5 Å². The lowest BCUT2D eigenvalue weighted by Crippen LogP contribution is -2.42. The van der Waals surface area contributed by atoms with Crippen LogP contribution in [0.1, 0.15) is 39.0 Å². The molecule has 1 aliphatic heterocycles. The minimum Gasteiger partial charge on any atom is -0.338 e. The highest BCUT2D eigenvalue weighted by molar-refractivity contribution is 7.81. The van der Waals surface area contributed by atoms with Crippen molar-refractivity contribution >= 4 is 18.5 Å². The third-order valence-electron chi connectivity index (χ3n) is 3.65. The van der Waals surface area contributed by atoms with Gasteiger partial charge >= 0.3 is 0 Å². The van der Waals surface area contributed by atoms with E-state index >= 15 is 0 Å². The SMILES string of the molecule is CC(S)C(=O)N1CC[C@@H]2CCCC[C@@H]21. The fraction of sp³-hybridized carbons (Fsp3) is 0.909. The molecule has 2 fully saturated rings. The summed E-state index contributed by atoms with van der Waals surface area (Å²) in [5, 5.41) is -0.129. The fourth-order valence-corrected chi connectivity index (χ4v) is 3.07. The van der Waals surface area contributed by atoms with Gasteiger partial charge in [0.1, 0.15) is 0 Å². The zero-order valence-electron chi connectivity index (χ0n) is 8.78. The summed E-state index contributed by atoms with van der Waals surface area (Å²) in [7, 11) is 0. The van der Waals surface area contributed by atoms with E-state index in [9.17, 15) is 4.79 Å². The third kappa shape index (κ3) is 1.79. The molecular formula is C11H19NOS. The summed E-state index contributed by atoms with van der Waals surface area (Å²) >= 11 is 4.23. The quantitative estimate of drug-likeness (QED) is 0.661. The minimum atomic E-state index is -0.129. The molecule has 0 bridgehead atoms. The molecule has 1 aliphatic carbocycles. The molecule has 0 aromatic carbocycles. The molecule has 0 aromatic rings. The van der Waals surface area contributed by atoms with E-state index in [4.69, 9.17) is 0 Å². The van der Waals surface area contributed by atoms with E-state index in [0.29, 0.717) is 6.04 Å². The highest BCUT2D eigenvalue weighted by Crippen LogP contribution is 2.36. The summed E-state index contributed by atoms with van der Waals surface area (Å²) in [5.74, 6) is 1.03. The smallest absolute Gasteiger partial charge is 0.235 e. The molecule has 80 valence electrons. The van der Waals surface area contributed by atoms with Gasteiger partial charge in [0.25, 0.3) is 0 Å².